The minimum atomic E-state index is -0.315. The first-order valence-electron chi connectivity index (χ1n) is 7.24. The number of nitrogens with one attached hydrogen (secondary N) is 1. The second-order valence-electron chi connectivity index (χ2n) is 6.28. The third-order valence-corrected chi connectivity index (χ3v) is 5.09. The maximum atomic E-state index is 5.88. The molecule has 0 aliphatic heterocycles. The second kappa shape index (κ2) is 6.13. The lowest BCUT2D eigenvalue weighted by molar-refractivity contribution is -0.0728. The molecule has 0 amide bonds. The molecule has 4 nitrogen and oxygen atoms in total. The Balaban J connectivity index is 2.30. The molecule has 0 saturated heterocycles. The topological polar surface area (TPSA) is 47.0 Å². The van der Waals surface area contributed by atoms with Crippen LogP contribution in [0.4, 0.5) is 5.82 Å². The zero-order valence-electron chi connectivity index (χ0n) is 12.8. The Morgan fingerprint density at radius 3 is 2.50 bits per heavy atom. The van der Waals surface area contributed by atoms with E-state index in [0.29, 0.717) is 5.41 Å². The van der Waals surface area contributed by atoms with Gasteiger partial charge in [-0.3, -0.25) is 0 Å². The number of hydrogen-bond acceptors (Lipinski definition) is 4. The lowest BCUT2D eigenvalue weighted by atomic mass is 9.70. The summed E-state index contributed by atoms with van der Waals surface area (Å²) in [7, 11) is 1.78. The first-order chi connectivity index (χ1) is 9.42. The van der Waals surface area contributed by atoms with Crippen molar-refractivity contribution in [3.63, 3.8) is 0 Å². The van der Waals surface area contributed by atoms with Crippen molar-refractivity contribution in [2.75, 3.05) is 19.0 Å². The largest absolute Gasteiger partial charge is 0.370 e. The van der Waals surface area contributed by atoms with Crippen LogP contribution in [-0.4, -0.2) is 23.6 Å². The van der Waals surface area contributed by atoms with Crippen LogP contribution in [0.25, 0.3) is 0 Å². The van der Waals surface area contributed by atoms with Gasteiger partial charge in [-0.25, -0.2) is 9.97 Å². The van der Waals surface area contributed by atoms with Gasteiger partial charge in [0.05, 0.1) is 3.57 Å². The Hall–Kier alpha value is -0.430. The predicted octanol–water partition coefficient (Wildman–Crippen LogP) is 3.95. The van der Waals surface area contributed by atoms with E-state index in [1.807, 2.05) is 6.20 Å². The fourth-order valence-corrected chi connectivity index (χ4v) is 3.18. The summed E-state index contributed by atoms with van der Waals surface area (Å²) in [5, 5.41) is 3.30. The fourth-order valence-electron chi connectivity index (χ4n) is 2.73. The molecule has 1 fully saturated rings. The lowest BCUT2D eigenvalue weighted by Gasteiger charge is -2.41. The Morgan fingerprint density at radius 2 is 1.95 bits per heavy atom. The van der Waals surface area contributed by atoms with E-state index >= 15 is 0 Å². The molecule has 1 aromatic rings. The van der Waals surface area contributed by atoms with Crippen molar-refractivity contribution in [2.24, 2.45) is 5.41 Å². The van der Waals surface area contributed by atoms with Gasteiger partial charge in [-0.15, -0.1) is 0 Å². The van der Waals surface area contributed by atoms with Crippen LogP contribution in [0.3, 0.4) is 0 Å². The molecular formula is C15H24IN3O. The molecule has 1 aliphatic rings. The predicted molar refractivity (Wildman–Crippen MR) is 89.8 cm³/mol. The van der Waals surface area contributed by atoms with E-state index in [1.165, 1.54) is 0 Å². The molecule has 0 bridgehead atoms. The average Bonchev–Trinajstić information content (AvgIpc) is 2.42. The van der Waals surface area contributed by atoms with Crippen LogP contribution in [0, 0.1) is 8.99 Å². The summed E-state index contributed by atoms with van der Waals surface area (Å²) in [5.41, 5.74) is 0.0831. The summed E-state index contributed by atoms with van der Waals surface area (Å²) in [6, 6.07) is 0. The van der Waals surface area contributed by atoms with Gasteiger partial charge >= 0.3 is 0 Å². The van der Waals surface area contributed by atoms with Crippen LogP contribution in [0.2, 0.25) is 0 Å². The normalized spacial score (nSPS) is 20.6. The minimum absolute atomic E-state index is 0.315. The smallest absolute Gasteiger partial charge is 0.162 e. The first-order valence-corrected chi connectivity index (χ1v) is 8.32. The molecule has 1 N–H and O–H groups in total. The molecule has 20 heavy (non-hydrogen) atoms. The number of hydrogen-bond donors (Lipinski definition) is 1. The summed E-state index contributed by atoms with van der Waals surface area (Å²) in [4.78, 5) is 9.27. The lowest BCUT2D eigenvalue weighted by Crippen LogP contribution is -2.38. The number of anilines is 1. The number of ether oxygens (including phenoxy) is 1. The summed E-state index contributed by atoms with van der Waals surface area (Å²) < 4.78 is 6.93. The van der Waals surface area contributed by atoms with Crippen molar-refractivity contribution < 1.29 is 4.74 Å². The molecule has 2 rings (SSSR count). The van der Waals surface area contributed by atoms with Crippen LogP contribution < -0.4 is 5.32 Å². The first kappa shape index (κ1) is 15.9. The third kappa shape index (κ3) is 3.24. The van der Waals surface area contributed by atoms with E-state index in [9.17, 15) is 0 Å². The number of aromatic nitrogens is 2. The standard InChI is InChI=1S/C15H24IN3O/c1-5-17-12-11(16)10-18-13(19-12)15(20-4)8-6-14(2,3)7-9-15/h10H,5-9H2,1-4H3,(H,17,18,19). The summed E-state index contributed by atoms with van der Waals surface area (Å²) in [5.74, 6) is 1.74. The van der Waals surface area contributed by atoms with Gasteiger partial charge in [-0.05, 0) is 60.6 Å². The van der Waals surface area contributed by atoms with Crippen molar-refractivity contribution in [3.8, 4) is 0 Å². The minimum Gasteiger partial charge on any atom is -0.370 e. The van der Waals surface area contributed by atoms with E-state index < -0.39 is 0 Å². The Labute approximate surface area is 135 Å². The van der Waals surface area contributed by atoms with Gasteiger partial charge in [-0.1, -0.05) is 13.8 Å². The summed E-state index contributed by atoms with van der Waals surface area (Å²) in [6.07, 6.45) is 6.16. The highest BCUT2D eigenvalue weighted by Crippen LogP contribution is 2.46. The van der Waals surface area contributed by atoms with Crippen molar-refractivity contribution >= 4 is 28.4 Å². The fraction of sp³-hybridized carbons (Fsp3) is 0.733. The van der Waals surface area contributed by atoms with Gasteiger partial charge in [0.15, 0.2) is 5.82 Å². The average molecular weight is 389 g/mol. The summed E-state index contributed by atoms with van der Waals surface area (Å²) >= 11 is 2.27. The van der Waals surface area contributed by atoms with E-state index in [4.69, 9.17) is 9.72 Å². The number of nitrogens with zero attached hydrogens (tertiary/aromatic N) is 2. The molecule has 0 unspecified atom stereocenters. The van der Waals surface area contributed by atoms with Crippen LogP contribution >= 0.6 is 22.6 Å². The SMILES string of the molecule is CCNc1nc(C2(OC)CCC(C)(C)CC2)ncc1I. The van der Waals surface area contributed by atoms with Crippen LogP contribution in [-0.2, 0) is 10.3 Å². The maximum Gasteiger partial charge on any atom is 0.162 e. The van der Waals surface area contributed by atoms with Gasteiger partial charge < -0.3 is 10.1 Å². The van der Waals surface area contributed by atoms with Crippen LogP contribution in [0.1, 0.15) is 52.3 Å². The van der Waals surface area contributed by atoms with E-state index in [-0.39, 0.29) is 5.60 Å². The zero-order valence-corrected chi connectivity index (χ0v) is 15.0. The number of methoxy groups -OCH3 is 1. The van der Waals surface area contributed by atoms with Gasteiger partial charge in [0.2, 0.25) is 0 Å². The molecular weight excluding hydrogens is 365 g/mol. The van der Waals surface area contributed by atoms with Crippen LogP contribution in [0.5, 0.6) is 0 Å². The Morgan fingerprint density at radius 1 is 1.30 bits per heavy atom. The van der Waals surface area contributed by atoms with Crippen molar-refractivity contribution in [1.29, 1.82) is 0 Å². The van der Waals surface area contributed by atoms with Crippen LogP contribution in [0.15, 0.2) is 6.20 Å². The molecule has 0 atom stereocenters. The molecule has 0 radical (unpaired) electrons. The van der Waals surface area contributed by atoms with E-state index in [0.717, 1.165) is 47.4 Å². The highest BCUT2D eigenvalue weighted by atomic mass is 127. The molecule has 5 heteroatoms. The molecule has 0 aromatic carbocycles. The molecule has 1 heterocycles. The molecule has 112 valence electrons. The van der Waals surface area contributed by atoms with Crippen molar-refractivity contribution in [1.82, 2.24) is 9.97 Å². The van der Waals surface area contributed by atoms with Gasteiger partial charge in [0.25, 0.3) is 0 Å². The third-order valence-electron chi connectivity index (χ3n) is 4.30. The molecule has 1 aromatic heterocycles. The zero-order chi connectivity index (χ0) is 14.8. The van der Waals surface area contributed by atoms with E-state index in [1.54, 1.807) is 7.11 Å². The second-order valence-corrected chi connectivity index (χ2v) is 7.45. The highest BCUT2D eigenvalue weighted by Gasteiger charge is 2.42. The summed E-state index contributed by atoms with van der Waals surface area (Å²) in [6.45, 7) is 7.59. The quantitative estimate of drug-likeness (QED) is 0.793. The molecule has 0 spiro atoms. The van der Waals surface area contributed by atoms with Gasteiger partial charge in [0, 0.05) is 19.9 Å². The Bertz CT molecular complexity index is 466. The number of rotatable bonds is 4. The van der Waals surface area contributed by atoms with E-state index in [2.05, 4.69) is 53.7 Å². The Kier molecular flexibility index (Phi) is 4.89. The number of halogens is 1. The van der Waals surface area contributed by atoms with Gasteiger partial charge in [0.1, 0.15) is 11.4 Å². The monoisotopic (exact) mass is 389 g/mol. The van der Waals surface area contributed by atoms with Crippen molar-refractivity contribution in [2.45, 2.75) is 52.1 Å². The molecule has 1 aliphatic carbocycles. The maximum absolute atomic E-state index is 5.88. The van der Waals surface area contributed by atoms with Gasteiger partial charge in [-0.2, -0.15) is 0 Å². The molecule has 1 saturated carbocycles. The highest BCUT2D eigenvalue weighted by molar-refractivity contribution is 14.1. The van der Waals surface area contributed by atoms with Crippen molar-refractivity contribution in [3.05, 3.63) is 15.6 Å².